The van der Waals surface area contributed by atoms with E-state index in [1.165, 1.54) is 11.3 Å². The molecule has 0 saturated heterocycles. The normalized spacial score (nSPS) is 14.2. The van der Waals surface area contributed by atoms with Crippen molar-refractivity contribution in [2.45, 2.75) is 13.3 Å². The average molecular weight is 340 g/mol. The number of hydrogen-bond acceptors (Lipinski definition) is 3. The summed E-state index contributed by atoms with van der Waals surface area (Å²) in [5, 5.41) is 1.81. The summed E-state index contributed by atoms with van der Waals surface area (Å²) in [6.45, 7) is 2.88. The van der Waals surface area contributed by atoms with Gasteiger partial charge in [0.1, 0.15) is 0 Å². The van der Waals surface area contributed by atoms with Gasteiger partial charge in [-0.2, -0.15) is 0 Å². The minimum absolute atomic E-state index is 0.807. The highest BCUT2D eigenvalue weighted by molar-refractivity contribution is 14.1. The lowest BCUT2D eigenvalue weighted by molar-refractivity contribution is 0.820. The van der Waals surface area contributed by atoms with Gasteiger partial charge in [-0.1, -0.05) is 12.1 Å². The van der Waals surface area contributed by atoms with E-state index in [4.69, 9.17) is 5.84 Å². The highest BCUT2D eigenvalue weighted by atomic mass is 127. The first-order valence-electron chi connectivity index (χ1n) is 5.53. The van der Waals surface area contributed by atoms with Gasteiger partial charge in [0.05, 0.1) is 11.4 Å². The molecule has 1 aromatic heterocycles. The Bertz CT molecular complexity index is 576. The first kappa shape index (κ1) is 11.0. The summed E-state index contributed by atoms with van der Waals surface area (Å²) in [5.74, 6) is 6.08. The molecule has 1 aliphatic rings. The molecule has 0 fully saturated rings. The molecule has 2 aromatic rings. The van der Waals surface area contributed by atoms with E-state index in [0.29, 0.717) is 0 Å². The molecule has 0 saturated carbocycles. The van der Waals surface area contributed by atoms with E-state index < -0.39 is 0 Å². The van der Waals surface area contributed by atoms with Gasteiger partial charge in [-0.15, -0.1) is 0 Å². The molecule has 0 radical (unpaired) electrons. The SMILES string of the molecule is Cc1ccc2c(c1)N(N)CCc1[nH]c(I)nc1-2. The van der Waals surface area contributed by atoms with Crippen LogP contribution in [0, 0.1) is 10.8 Å². The number of nitrogens with zero attached hydrogens (tertiary/aromatic N) is 2. The highest BCUT2D eigenvalue weighted by Crippen LogP contribution is 2.34. The Morgan fingerprint density at radius 2 is 2.29 bits per heavy atom. The lowest BCUT2D eigenvalue weighted by Crippen LogP contribution is -2.32. The van der Waals surface area contributed by atoms with Crippen molar-refractivity contribution >= 4 is 28.3 Å². The number of hydrazine groups is 1. The lowest BCUT2D eigenvalue weighted by Gasteiger charge is -2.18. The summed E-state index contributed by atoms with van der Waals surface area (Å²) >= 11 is 2.21. The summed E-state index contributed by atoms with van der Waals surface area (Å²) in [5.41, 5.74) is 5.61. The van der Waals surface area contributed by atoms with Gasteiger partial charge < -0.3 is 9.99 Å². The molecule has 0 unspecified atom stereocenters. The van der Waals surface area contributed by atoms with Gasteiger partial charge in [-0.05, 0) is 41.1 Å². The Morgan fingerprint density at radius 1 is 1.47 bits per heavy atom. The van der Waals surface area contributed by atoms with E-state index in [9.17, 15) is 0 Å². The minimum atomic E-state index is 0.807. The maximum Gasteiger partial charge on any atom is 0.169 e. The van der Waals surface area contributed by atoms with Crippen molar-refractivity contribution < 1.29 is 0 Å². The van der Waals surface area contributed by atoms with E-state index in [1.54, 1.807) is 0 Å². The smallest absolute Gasteiger partial charge is 0.169 e. The molecule has 0 bridgehead atoms. The van der Waals surface area contributed by atoms with Crippen molar-refractivity contribution in [2.75, 3.05) is 11.6 Å². The van der Waals surface area contributed by atoms with Gasteiger partial charge in [0.15, 0.2) is 3.83 Å². The number of hydrogen-bond donors (Lipinski definition) is 2. The largest absolute Gasteiger partial charge is 0.337 e. The number of aromatic amines is 1. The number of H-pyrrole nitrogens is 1. The molecule has 0 atom stereocenters. The number of rotatable bonds is 0. The molecule has 2 heterocycles. The Labute approximate surface area is 113 Å². The Kier molecular flexibility index (Phi) is 2.59. The van der Waals surface area contributed by atoms with Crippen molar-refractivity contribution in [3.63, 3.8) is 0 Å². The predicted octanol–water partition coefficient (Wildman–Crippen LogP) is 2.23. The van der Waals surface area contributed by atoms with Crippen molar-refractivity contribution in [2.24, 2.45) is 5.84 Å². The van der Waals surface area contributed by atoms with Crippen LogP contribution in [0.2, 0.25) is 0 Å². The molecular weight excluding hydrogens is 327 g/mol. The first-order valence-corrected chi connectivity index (χ1v) is 6.60. The molecule has 0 amide bonds. The molecule has 88 valence electrons. The second-order valence-electron chi connectivity index (χ2n) is 4.32. The maximum absolute atomic E-state index is 6.08. The number of anilines is 1. The minimum Gasteiger partial charge on any atom is -0.337 e. The van der Waals surface area contributed by atoms with Crippen molar-refractivity contribution in [1.82, 2.24) is 9.97 Å². The number of halogens is 1. The Morgan fingerprint density at radius 3 is 3.12 bits per heavy atom. The van der Waals surface area contributed by atoms with Gasteiger partial charge in [0.2, 0.25) is 0 Å². The van der Waals surface area contributed by atoms with E-state index >= 15 is 0 Å². The molecule has 4 nitrogen and oxygen atoms in total. The van der Waals surface area contributed by atoms with Crippen molar-refractivity contribution in [3.05, 3.63) is 33.3 Å². The molecule has 17 heavy (non-hydrogen) atoms. The first-order chi connectivity index (χ1) is 8.15. The zero-order valence-electron chi connectivity index (χ0n) is 9.50. The number of aromatic nitrogens is 2. The van der Waals surface area contributed by atoms with E-state index in [2.05, 4.69) is 57.7 Å². The third-order valence-electron chi connectivity index (χ3n) is 3.07. The van der Waals surface area contributed by atoms with Gasteiger partial charge in [-0.3, -0.25) is 0 Å². The van der Waals surface area contributed by atoms with Crippen LogP contribution in [0.3, 0.4) is 0 Å². The van der Waals surface area contributed by atoms with E-state index in [-0.39, 0.29) is 0 Å². The topological polar surface area (TPSA) is 57.9 Å². The number of aryl methyl sites for hydroxylation is 1. The van der Waals surface area contributed by atoms with Crippen molar-refractivity contribution in [1.29, 1.82) is 0 Å². The predicted molar refractivity (Wildman–Crippen MR) is 76.7 cm³/mol. The summed E-state index contributed by atoms with van der Waals surface area (Å²) in [4.78, 5) is 7.87. The molecule has 0 aliphatic carbocycles. The highest BCUT2D eigenvalue weighted by Gasteiger charge is 2.21. The van der Waals surface area contributed by atoms with Crippen molar-refractivity contribution in [3.8, 4) is 11.3 Å². The molecule has 3 N–H and O–H groups in total. The number of fused-ring (bicyclic) bond motifs is 3. The number of nitrogens with one attached hydrogen (secondary N) is 1. The standard InChI is InChI=1S/C12H13IN4/c1-7-2-3-8-10(6-7)17(14)5-4-9-11(8)16-12(13)15-9/h2-3,6H,4-5,14H2,1H3,(H,15,16). The second-order valence-corrected chi connectivity index (χ2v) is 5.34. The third-order valence-corrected chi connectivity index (χ3v) is 3.58. The number of nitrogens with two attached hydrogens (primary N) is 1. The van der Waals surface area contributed by atoms with Crippen LogP contribution in [0.25, 0.3) is 11.3 Å². The van der Waals surface area contributed by atoms with Crippen LogP contribution < -0.4 is 10.9 Å². The lowest BCUT2D eigenvalue weighted by atomic mass is 10.1. The van der Waals surface area contributed by atoms with Crippen LogP contribution in [-0.2, 0) is 6.42 Å². The molecular formula is C12H13IN4. The molecule has 3 rings (SSSR count). The fourth-order valence-corrected chi connectivity index (χ4v) is 2.78. The van der Waals surface area contributed by atoms with Gasteiger partial charge in [0.25, 0.3) is 0 Å². The monoisotopic (exact) mass is 340 g/mol. The summed E-state index contributed by atoms with van der Waals surface area (Å²) in [6.07, 6.45) is 0.898. The third kappa shape index (κ3) is 1.83. The van der Waals surface area contributed by atoms with Crippen LogP contribution in [0.15, 0.2) is 18.2 Å². The van der Waals surface area contributed by atoms with Crippen LogP contribution in [0.1, 0.15) is 11.3 Å². The van der Waals surface area contributed by atoms with Crippen LogP contribution in [-0.4, -0.2) is 16.5 Å². The van der Waals surface area contributed by atoms with Crippen LogP contribution in [0.5, 0.6) is 0 Å². The molecule has 5 heteroatoms. The number of benzene rings is 1. The van der Waals surface area contributed by atoms with E-state index in [0.717, 1.165) is 33.7 Å². The van der Waals surface area contributed by atoms with E-state index in [1.807, 2.05) is 5.01 Å². The second kappa shape index (κ2) is 3.99. The molecule has 1 aromatic carbocycles. The number of imidazole rings is 1. The maximum atomic E-state index is 6.08. The summed E-state index contributed by atoms with van der Waals surface area (Å²) in [7, 11) is 0. The zero-order valence-corrected chi connectivity index (χ0v) is 11.7. The fourth-order valence-electron chi connectivity index (χ4n) is 2.21. The van der Waals surface area contributed by atoms with Crippen LogP contribution in [0.4, 0.5) is 5.69 Å². The summed E-state index contributed by atoms with van der Waals surface area (Å²) in [6, 6.07) is 6.32. The molecule has 1 aliphatic heterocycles. The average Bonchev–Trinajstić information content (AvgIpc) is 2.62. The summed E-state index contributed by atoms with van der Waals surface area (Å²) < 4.78 is 0.935. The van der Waals surface area contributed by atoms with Gasteiger partial charge in [0, 0.05) is 24.2 Å². The Hall–Kier alpha value is -1.08. The Balaban J connectivity index is 2.26. The van der Waals surface area contributed by atoms with Gasteiger partial charge >= 0.3 is 0 Å². The van der Waals surface area contributed by atoms with Gasteiger partial charge in [-0.25, -0.2) is 10.8 Å². The molecule has 0 spiro atoms. The quantitative estimate of drug-likeness (QED) is 0.571. The fraction of sp³-hybridized carbons (Fsp3) is 0.250. The van der Waals surface area contributed by atoms with Crippen LogP contribution >= 0.6 is 22.6 Å². The zero-order chi connectivity index (χ0) is 12.0.